The molecule has 0 amide bonds. The number of anilines is 1. The van der Waals surface area contributed by atoms with E-state index in [0.29, 0.717) is 6.61 Å². The highest BCUT2D eigenvalue weighted by Crippen LogP contribution is 2.26. The third kappa shape index (κ3) is 3.26. The number of hydrogen-bond donors (Lipinski definition) is 1. The summed E-state index contributed by atoms with van der Waals surface area (Å²) in [6.07, 6.45) is 2.77. The molecule has 1 N–H and O–H groups in total. The van der Waals surface area contributed by atoms with Crippen LogP contribution in [0.25, 0.3) is 0 Å². The second-order valence-corrected chi connectivity index (χ2v) is 7.17. The van der Waals surface area contributed by atoms with E-state index in [1.807, 2.05) is 13.8 Å². The first-order chi connectivity index (χ1) is 9.42. The zero-order valence-electron chi connectivity index (χ0n) is 11.4. The van der Waals surface area contributed by atoms with Crippen LogP contribution in [0.4, 0.5) is 5.82 Å². The van der Waals surface area contributed by atoms with Crippen LogP contribution in [0.3, 0.4) is 0 Å². The third-order valence-corrected chi connectivity index (χ3v) is 5.00. The van der Waals surface area contributed by atoms with Gasteiger partial charge in [-0.25, -0.2) is 8.42 Å². The van der Waals surface area contributed by atoms with Crippen molar-refractivity contribution in [3.8, 4) is 5.88 Å². The summed E-state index contributed by atoms with van der Waals surface area (Å²) in [5.41, 5.74) is 0. The van der Waals surface area contributed by atoms with Crippen LogP contribution in [0.2, 0.25) is 0 Å². The van der Waals surface area contributed by atoms with Gasteiger partial charge in [0.25, 0.3) is 10.0 Å². The molecule has 0 aliphatic carbocycles. The zero-order valence-corrected chi connectivity index (χ0v) is 13.0. The van der Waals surface area contributed by atoms with Crippen molar-refractivity contribution in [2.75, 3.05) is 11.3 Å². The summed E-state index contributed by atoms with van der Waals surface area (Å²) < 4.78 is 32.2. The summed E-state index contributed by atoms with van der Waals surface area (Å²) in [5, 5.41) is 0. The van der Waals surface area contributed by atoms with E-state index in [0.717, 1.165) is 9.75 Å². The lowest BCUT2D eigenvalue weighted by Crippen LogP contribution is -2.14. The Morgan fingerprint density at radius 1 is 1.35 bits per heavy atom. The van der Waals surface area contributed by atoms with Crippen molar-refractivity contribution >= 4 is 27.2 Å². The number of ether oxygens (including phenoxy) is 1. The van der Waals surface area contributed by atoms with Gasteiger partial charge in [0.15, 0.2) is 5.82 Å². The van der Waals surface area contributed by atoms with Crippen LogP contribution in [0.1, 0.15) is 16.7 Å². The molecule has 0 aliphatic rings. The lowest BCUT2D eigenvalue weighted by molar-refractivity contribution is 0.326. The van der Waals surface area contributed by atoms with Gasteiger partial charge in [-0.2, -0.15) is 4.98 Å². The monoisotopic (exact) mass is 313 g/mol. The van der Waals surface area contributed by atoms with E-state index in [-0.39, 0.29) is 16.6 Å². The van der Waals surface area contributed by atoms with Crippen LogP contribution in [-0.4, -0.2) is 25.0 Å². The number of sulfonamides is 1. The molecule has 0 atom stereocenters. The molecular weight excluding hydrogens is 298 g/mol. The second kappa shape index (κ2) is 5.76. The lowest BCUT2D eigenvalue weighted by Gasteiger charge is -2.07. The summed E-state index contributed by atoms with van der Waals surface area (Å²) >= 11 is 1.44. The molecule has 2 heterocycles. The van der Waals surface area contributed by atoms with E-state index in [2.05, 4.69) is 14.7 Å². The molecule has 0 aromatic carbocycles. The molecule has 0 unspecified atom stereocenters. The van der Waals surface area contributed by atoms with E-state index in [9.17, 15) is 8.42 Å². The van der Waals surface area contributed by atoms with Gasteiger partial charge in [-0.05, 0) is 26.8 Å². The number of rotatable bonds is 5. The minimum Gasteiger partial charge on any atom is -0.477 e. The Morgan fingerprint density at radius 3 is 2.70 bits per heavy atom. The average Bonchev–Trinajstić information content (AvgIpc) is 2.69. The van der Waals surface area contributed by atoms with Gasteiger partial charge >= 0.3 is 0 Å². The molecule has 6 nitrogen and oxygen atoms in total. The smallest absolute Gasteiger partial charge is 0.264 e. The number of thiophene rings is 1. The van der Waals surface area contributed by atoms with Gasteiger partial charge in [-0.1, -0.05) is 0 Å². The van der Waals surface area contributed by atoms with Crippen molar-refractivity contribution in [1.82, 2.24) is 9.97 Å². The third-order valence-electron chi connectivity index (χ3n) is 2.43. The van der Waals surface area contributed by atoms with E-state index in [1.54, 1.807) is 13.0 Å². The fourth-order valence-electron chi connectivity index (χ4n) is 1.68. The number of nitrogens with one attached hydrogen (secondary N) is 1. The number of aromatic nitrogens is 2. The summed E-state index contributed by atoms with van der Waals surface area (Å²) in [4.78, 5) is 9.88. The molecule has 0 saturated carbocycles. The van der Waals surface area contributed by atoms with Crippen molar-refractivity contribution in [3.05, 3.63) is 28.2 Å². The largest absolute Gasteiger partial charge is 0.477 e. The molecule has 2 aromatic rings. The van der Waals surface area contributed by atoms with E-state index in [1.165, 1.54) is 23.7 Å². The van der Waals surface area contributed by atoms with Crippen molar-refractivity contribution in [2.45, 2.75) is 25.7 Å². The SMILES string of the molecule is CCOc1cncc(NS(=O)(=O)c2cc(C)sc2C)n1. The number of hydrogen-bond acceptors (Lipinski definition) is 6. The van der Waals surface area contributed by atoms with Crippen molar-refractivity contribution in [1.29, 1.82) is 0 Å². The predicted molar refractivity (Wildman–Crippen MR) is 77.8 cm³/mol. The quantitative estimate of drug-likeness (QED) is 0.916. The van der Waals surface area contributed by atoms with Crippen molar-refractivity contribution in [2.24, 2.45) is 0 Å². The number of nitrogens with zero attached hydrogens (tertiary/aromatic N) is 2. The average molecular weight is 313 g/mol. The molecule has 108 valence electrons. The van der Waals surface area contributed by atoms with Crippen LogP contribution in [0.5, 0.6) is 5.88 Å². The normalized spacial score (nSPS) is 11.3. The highest BCUT2D eigenvalue weighted by Gasteiger charge is 2.20. The Balaban J connectivity index is 2.28. The Morgan fingerprint density at radius 2 is 2.10 bits per heavy atom. The standard InChI is InChI=1S/C12H15N3O3S2/c1-4-18-12-7-13-6-11(14-12)15-20(16,17)10-5-8(2)19-9(10)3/h5-7H,4H2,1-3H3,(H,14,15). The maximum atomic E-state index is 12.3. The van der Waals surface area contributed by atoms with Crippen molar-refractivity contribution < 1.29 is 13.2 Å². The van der Waals surface area contributed by atoms with Gasteiger partial charge in [0.2, 0.25) is 5.88 Å². The van der Waals surface area contributed by atoms with Crippen LogP contribution >= 0.6 is 11.3 Å². The molecule has 20 heavy (non-hydrogen) atoms. The van der Waals surface area contributed by atoms with Gasteiger partial charge in [0, 0.05) is 9.75 Å². The molecule has 0 saturated heterocycles. The van der Waals surface area contributed by atoms with Gasteiger partial charge in [-0.3, -0.25) is 9.71 Å². The molecule has 2 aromatic heterocycles. The molecule has 2 rings (SSSR count). The second-order valence-electron chi connectivity index (χ2n) is 4.06. The molecule has 0 spiro atoms. The molecule has 0 bridgehead atoms. The minimum absolute atomic E-state index is 0.138. The first kappa shape index (κ1) is 14.7. The maximum Gasteiger partial charge on any atom is 0.264 e. The van der Waals surface area contributed by atoms with Gasteiger partial charge < -0.3 is 4.74 Å². The van der Waals surface area contributed by atoms with Gasteiger partial charge in [0.1, 0.15) is 4.90 Å². The van der Waals surface area contributed by atoms with Crippen LogP contribution in [-0.2, 0) is 10.0 Å². The molecule has 0 aliphatic heterocycles. The Labute approximate surface area is 121 Å². The molecular formula is C12H15N3O3S2. The molecule has 0 fully saturated rings. The van der Waals surface area contributed by atoms with E-state index in [4.69, 9.17) is 4.74 Å². The maximum absolute atomic E-state index is 12.3. The first-order valence-electron chi connectivity index (χ1n) is 5.97. The van der Waals surface area contributed by atoms with Crippen LogP contribution < -0.4 is 9.46 Å². The van der Waals surface area contributed by atoms with Crippen molar-refractivity contribution in [3.63, 3.8) is 0 Å². The first-order valence-corrected chi connectivity index (χ1v) is 8.27. The molecule has 0 radical (unpaired) electrons. The van der Waals surface area contributed by atoms with Crippen LogP contribution in [0, 0.1) is 13.8 Å². The topological polar surface area (TPSA) is 81.2 Å². The summed E-state index contributed by atoms with van der Waals surface area (Å²) in [6, 6.07) is 1.64. The van der Waals surface area contributed by atoms with Gasteiger partial charge in [0.05, 0.1) is 19.0 Å². The zero-order chi connectivity index (χ0) is 14.8. The fourth-order valence-corrected chi connectivity index (χ4v) is 4.22. The Kier molecular flexibility index (Phi) is 4.24. The summed E-state index contributed by atoms with van der Waals surface area (Å²) in [6.45, 7) is 5.89. The van der Waals surface area contributed by atoms with E-state index >= 15 is 0 Å². The fraction of sp³-hybridized carbons (Fsp3) is 0.333. The highest BCUT2D eigenvalue weighted by molar-refractivity contribution is 7.93. The Hall–Kier alpha value is -1.67. The van der Waals surface area contributed by atoms with Crippen LogP contribution in [0.15, 0.2) is 23.4 Å². The summed E-state index contributed by atoms with van der Waals surface area (Å²) in [7, 11) is -3.65. The summed E-state index contributed by atoms with van der Waals surface area (Å²) in [5.74, 6) is 0.421. The molecule has 8 heteroatoms. The Bertz CT molecular complexity index is 710. The lowest BCUT2D eigenvalue weighted by atomic mass is 10.4. The number of aryl methyl sites for hydroxylation is 2. The van der Waals surface area contributed by atoms with Gasteiger partial charge in [-0.15, -0.1) is 11.3 Å². The minimum atomic E-state index is -3.65. The highest BCUT2D eigenvalue weighted by atomic mass is 32.2. The predicted octanol–water partition coefficient (Wildman–Crippen LogP) is 2.35. The van der Waals surface area contributed by atoms with E-state index < -0.39 is 10.0 Å².